The molecule has 0 unspecified atom stereocenters. The second-order valence-electron chi connectivity index (χ2n) is 7.11. The Balaban J connectivity index is 1.77. The first-order valence-electron chi connectivity index (χ1n) is 9.36. The third-order valence-electron chi connectivity index (χ3n) is 5.37. The highest BCUT2D eigenvalue weighted by atomic mass is 35.5. The summed E-state index contributed by atoms with van der Waals surface area (Å²) >= 11 is 6.28. The van der Waals surface area contributed by atoms with Crippen LogP contribution in [0.5, 0.6) is 0 Å². The SMILES string of the molecule is COC1(CNC(=O)c2cc(N(C)c3ccnc(=O)[nH]3)ccc2Cl)CCCCC1. The Bertz CT molecular complexity index is 893. The van der Waals surface area contributed by atoms with Crippen LogP contribution in [-0.2, 0) is 4.74 Å². The van der Waals surface area contributed by atoms with Crippen molar-refractivity contribution in [1.29, 1.82) is 0 Å². The van der Waals surface area contributed by atoms with Gasteiger partial charge in [-0.15, -0.1) is 0 Å². The Kier molecular flexibility index (Phi) is 6.36. The molecule has 2 aromatic rings. The van der Waals surface area contributed by atoms with E-state index in [0.29, 0.717) is 22.9 Å². The van der Waals surface area contributed by atoms with Crippen molar-refractivity contribution in [1.82, 2.24) is 15.3 Å². The molecule has 1 saturated carbocycles. The standard InChI is InChI=1S/C20H25ClN4O3/c1-25(17-8-11-22-19(27)24-17)14-6-7-16(21)15(12-14)18(26)23-13-20(28-2)9-4-3-5-10-20/h6-8,11-12H,3-5,9-10,13H2,1-2H3,(H,23,26)(H,22,24,27). The van der Waals surface area contributed by atoms with Gasteiger partial charge in [0.25, 0.3) is 5.91 Å². The predicted molar refractivity (Wildman–Crippen MR) is 110 cm³/mol. The molecule has 0 spiro atoms. The van der Waals surface area contributed by atoms with Gasteiger partial charge in [0.1, 0.15) is 5.82 Å². The van der Waals surface area contributed by atoms with E-state index in [0.717, 1.165) is 31.4 Å². The topological polar surface area (TPSA) is 87.3 Å². The lowest BCUT2D eigenvalue weighted by Gasteiger charge is -2.36. The number of ether oxygens (including phenoxy) is 1. The minimum atomic E-state index is -0.436. The minimum absolute atomic E-state index is 0.245. The lowest BCUT2D eigenvalue weighted by atomic mass is 9.84. The van der Waals surface area contributed by atoms with Crippen molar-refractivity contribution in [2.45, 2.75) is 37.7 Å². The van der Waals surface area contributed by atoms with Crippen LogP contribution in [0.2, 0.25) is 5.02 Å². The first-order valence-corrected chi connectivity index (χ1v) is 9.74. The summed E-state index contributed by atoms with van der Waals surface area (Å²) in [6.07, 6.45) is 6.73. The van der Waals surface area contributed by atoms with Gasteiger partial charge in [0.2, 0.25) is 0 Å². The largest absolute Gasteiger partial charge is 0.376 e. The van der Waals surface area contributed by atoms with Crippen LogP contribution in [0.1, 0.15) is 42.5 Å². The zero-order chi connectivity index (χ0) is 20.1. The third kappa shape index (κ3) is 4.54. The van der Waals surface area contributed by atoms with Gasteiger partial charge >= 0.3 is 5.69 Å². The molecule has 3 rings (SSSR count). The molecule has 150 valence electrons. The van der Waals surface area contributed by atoms with E-state index in [-0.39, 0.29) is 11.5 Å². The highest BCUT2D eigenvalue weighted by Gasteiger charge is 2.32. The fourth-order valence-corrected chi connectivity index (χ4v) is 3.78. The van der Waals surface area contributed by atoms with Crippen molar-refractivity contribution >= 4 is 29.0 Å². The van der Waals surface area contributed by atoms with Crippen molar-refractivity contribution in [3.8, 4) is 0 Å². The summed E-state index contributed by atoms with van der Waals surface area (Å²) in [6.45, 7) is 0.455. The molecule has 1 heterocycles. The van der Waals surface area contributed by atoms with Crippen LogP contribution in [-0.4, -0.2) is 42.2 Å². The van der Waals surface area contributed by atoms with Crippen LogP contribution in [0.3, 0.4) is 0 Å². The van der Waals surface area contributed by atoms with Gasteiger partial charge in [0, 0.05) is 32.6 Å². The normalized spacial score (nSPS) is 15.8. The summed E-state index contributed by atoms with van der Waals surface area (Å²) in [4.78, 5) is 32.3. The van der Waals surface area contributed by atoms with Crippen LogP contribution in [0.25, 0.3) is 0 Å². The van der Waals surface area contributed by atoms with Crippen molar-refractivity contribution in [2.75, 3.05) is 25.6 Å². The van der Waals surface area contributed by atoms with Crippen LogP contribution < -0.4 is 15.9 Å². The zero-order valence-electron chi connectivity index (χ0n) is 16.1. The van der Waals surface area contributed by atoms with Gasteiger partial charge in [-0.25, -0.2) is 9.78 Å². The Morgan fingerprint density at radius 1 is 1.32 bits per heavy atom. The Morgan fingerprint density at radius 3 is 2.75 bits per heavy atom. The predicted octanol–water partition coefficient (Wildman–Crippen LogP) is 3.27. The number of nitrogens with one attached hydrogen (secondary N) is 2. The van der Waals surface area contributed by atoms with Crippen molar-refractivity contribution in [3.63, 3.8) is 0 Å². The van der Waals surface area contributed by atoms with E-state index >= 15 is 0 Å². The number of methoxy groups -OCH3 is 1. The summed E-state index contributed by atoms with van der Waals surface area (Å²) in [5.74, 6) is 0.319. The molecule has 0 bridgehead atoms. The molecule has 1 amide bonds. The average molecular weight is 405 g/mol. The Hall–Kier alpha value is -2.38. The van der Waals surface area contributed by atoms with E-state index in [4.69, 9.17) is 16.3 Å². The lowest BCUT2D eigenvalue weighted by Crippen LogP contribution is -2.45. The summed E-state index contributed by atoms with van der Waals surface area (Å²) in [6, 6.07) is 6.85. The fourth-order valence-electron chi connectivity index (χ4n) is 3.58. The van der Waals surface area contributed by atoms with Gasteiger partial charge in [-0.3, -0.25) is 9.78 Å². The molecule has 8 heteroatoms. The van der Waals surface area contributed by atoms with Crippen LogP contribution in [0.15, 0.2) is 35.3 Å². The molecule has 1 aromatic carbocycles. The zero-order valence-corrected chi connectivity index (χ0v) is 16.9. The number of nitrogens with zero attached hydrogens (tertiary/aromatic N) is 2. The number of carbonyl (C=O) groups excluding carboxylic acids is 1. The van der Waals surface area contributed by atoms with E-state index < -0.39 is 5.69 Å². The number of hydrogen-bond acceptors (Lipinski definition) is 5. The van der Waals surface area contributed by atoms with E-state index in [9.17, 15) is 9.59 Å². The molecule has 0 atom stereocenters. The second kappa shape index (κ2) is 8.75. The summed E-state index contributed by atoms with van der Waals surface area (Å²) in [5, 5.41) is 3.35. The van der Waals surface area contributed by atoms with E-state index in [1.165, 1.54) is 12.6 Å². The molecule has 1 aliphatic rings. The number of halogens is 1. The van der Waals surface area contributed by atoms with Crippen LogP contribution in [0.4, 0.5) is 11.5 Å². The average Bonchev–Trinajstić information content (AvgIpc) is 2.72. The molecule has 28 heavy (non-hydrogen) atoms. The van der Waals surface area contributed by atoms with Crippen molar-refractivity contribution in [3.05, 3.63) is 51.5 Å². The molecule has 7 nitrogen and oxygen atoms in total. The molecule has 0 saturated heterocycles. The highest BCUT2D eigenvalue weighted by Crippen LogP contribution is 2.31. The fraction of sp³-hybridized carbons (Fsp3) is 0.450. The molecule has 1 fully saturated rings. The molecule has 0 aliphatic heterocycles. The number of benzene rings is 1. The molecule has 1 aliphatic carbocycles. The third-order valence-corrected chi connectivity index (χ3v) is 5.70. The Labute approximate surface area is 169 Å². The number of aromatic nitrogens is 2. The first-order chi connectivity index (χ1) is 13.4. The Morgan fingerprint density at radius 2 is 2.07 bits per heavy atom. The number of aromatic amines is 1. The first kappa shape index (κ1) is 20.4. The monoisotopic (exact) mass is 404 g/mol. The smallest absolute Gasteiger partial charge is 0.346 e. The second-order valence-corrected chi connectivity index (χ2v) is 7.52. The molecular formula is C20H25ClN4O3. The molecule has 0 radical (unpaired) electrons. The van der Waals surface area contributed by atoms with Crippen molar-refractivity contribution < 1.29 is 9.53 Å². The van der Waals surface area contributed by atoms with Gasteiger partial charge in [-0.05, 0) is 37.1 Å². The lowest BCUT2D eigenvalue weighted by molar-refractivity contribution is -0.0363. The maximum Gasteiger partial charge on any atom is 0.346 e. The van der Waals surface area contributed by atoms with E-state index in [1.807, 2.05) is 0 Å². The maximum atomic E-state index is 12.8. The quantitative estimate of drug-likeness (QED) is 0.771. The van der Waals surface area contributed by atoms with Gasteiger partial charge in [-0.2, -0.15) is 0 Å². The van der Waals surface area contributed by atoms with Gasteiger partial charge in [0.15, 0.2) is 0 Å². The number of H-pyrrole nitrogens is 1. The van der Waals surface area contributed by atoms with Gasteiger partial charge in [-0.1, -0.05) is 30.9 Å². The van der Waals surface area contributed by atoms with Crippen LogP contribution in [0, 0.1) is 0 Å². The number of carbonyl (C=O) groups is 1. The molecular weight excluding hydrogens is 380 g/mol. The number of anilines is 2. The number of amides is 1. The van der Waals surface area contributed by atoms with Gasteiger partial charge in [0.05, 0.1) is 16.2 Å². The minimum Gasteiger partial charge on any atom is -0.376 e. The molecule has 2 N–H and O–H groups in total. The van der Waals surface area contributed by atoms with E-state index in [1.54, 1.807) is 43.3 Å². The molecule has 1 aromatic heterocycles. The highest BCUT2D eigenvalue weighted by molar-refractivity contribution is 6.34. The van der Waals surface area contributed by atoms with Gasteiger partial charge < -0.3 is 15.0 Å². The maximum absolute atomic E-state index is 12.8. The summed E-state index contributed by atoms with van der Waals surface area (Å²) < 4.78 is 5.73. The van der Waals surface area contributed by atoms with E-state index in [2.05, 4.69) is 15.3 Å². The summed E-state index contributed by atoms with van der Waals surface area (Å²) in [5.41, 5.74) is 0.360. The number of hydrogen-bond donors (Lipinski definition) is 2. The van der Waals surface area contributed by atoms with Crippen molar-refractivity contribution in [2.24, 2.45) is 0 Å². The summed E-state index contributed by atoms with van der Waals surface area (Å²) in [7, 11) is 3.49. The number of rotatable bonds is 6. The van der Waals surface area contributed by atoms with Crippen LogP contribution >= 0.6 is 11.6 Å².